The zero-order chi connectivity index (χ0) is 14.1. The van der Waals surface area contributed by atoms with Crippen LogP contribution in [0.4, 0.5) is 5.69 Å². The summed E-state index contributed by atoms with van der Waals surface area (Å²) in [5, 5.41) is 9.07. The fourth-order valence-electron chi connectivity index (χ4n) is 1.81. The molecule has 0 fully saturated rings. The summed E-state index contributed by atoms with van der Waals surface area (Å²) in [6.45, 7) is 0. The number of carboxylic acids is 1. The number of carbonyl (C=O) groups is 1. The molecule has 3 rings (SSSR count). The number of aromatic carboxylic acids is 1. The monoisotopic (exact) mass is 302 g/mol. The number of aromatic nitrogens is 1. The van der Waals surface area contributed by atoms with Gasteiger partial charge in [-0.05, 0) is 24.3 Å². The maximum absolute atomic E-state index is 11.1. The van der Waals surface area contributed by atoms with E-state index in [-0.39, 0.29) is 11.3 Å². The van der Waals surface area contributed by atoms with Gasteiger partial charge in [0.2, 0.25) is 0 Å². The van der Waals surface area contributed by atoms with E-state index in [9.17, 15) is 4.79 Å². The Balaban J connectivity index is 1.98. The molecule has 0 atom stereocenters. The number of nitrogens with two attached hydrogens (primary N) is 1. The van der Waals surface area contributed by atoms with E-state index in [1.165, 1.54) is 17.8 Å². The van der Waals surface area contributed by atoms with E-state index in [0.29, 0.717) is 4.90 Å². The first-order valence-corrected chi connectivity index (χ1v) is 7.43. The van der Waals surface area contributed by atoms with Crippen molar-refractivity contribution in [2.45, 2.75) is 9.24 Å². The molecule has 1 heterocycles. The van der Waals surface area contributed by atoms with Crippen LogP contribution in [0.1, 0.15) is 10.4 Å². The minimum atomic E-state index is -1.02. The van der Waals surface area contributed by atoms with E-state index >= 15 is 0 Å². The molecule has 0 spiro atoms. The molecule has 1 aromatic heterocycles. The first-order valence-electron chi connectivity index (χ1n) is 5.80. The van der Waals surface area contributed by atoms with Gasteiger partial charge in [-0.1, -0.05) is 30.0 Å². The van der Waals surface area contributed by atoms with Gasteiger partial charge in [-0.3, -0.25) is 0 Å². The fraction of sp³-hybridized carbons (Fsp3) is 0. The van der Waals surface area contributed by atoms with Gasteiger partial charge in [-0.2, -0.15) is 0 Å². The first-order chi connectivity index (χ1) is 9.65. The number of benzene rings is 2. The maximum atomic E-state index is 11.1. The molecule has 0 unspecified atom stereocenters. The molecule has 6 heteroatoms. The third kappa shape index (κ3) is 2.35. The van der Waals surface area contributed by atoms with Gasteiger partial charge < -0.3 is 10.8 Å². The highest BCUT2D eigenvalue weighted by Gasteiger charge is 2.13. The molecule has 0 bridgehead atoms. The minimum absolute atomic E-state index is 0.121. The highest BCUT2D eigenvalue weighted by Crippen LogP contribution is 2.37. The van der Waals surface area contributed by atoms with Crippen molar-refractivity contribution in [1.29, 1.82) is 0 Å². The maximum Gasteiger partial charge on any atom is 0.337 e. The average molecular weight is 302 g/mol. The fourth-order valence-corrected chi connectivity index (χ4v) is 3.91. The Kier molecular flexibility index (Phi) is 3.33. The Morgan fingerprint density at radius 1 is 1.20 bits per heavy atom. The van der Waals surface area contributed by atoms with E-state index in [4.69, 9.17) is 10.8 Å². The predicted octanol–water partition coefficient (Wildman–Crippen LogP) is 3.73. The molecule has 20 heavy (non-hydrogen) atoms. The molecule has 0 aliphatic rings. The number of fused-ring (bicyclic) bond motifs is 1. The largest absolute Gasteiger partial charge is 0.478 e. The number of hydrogen-bond donors (Lipinski definition) is 2. The molecule has 3 aromatic rings. The van der Waals surface area contributed by atoms with Crippen molar-refractivity contribution in [3.8, 4) is 0 Å². The van der Waals surface area contributed by atoms with Crippen LogP contribution in [-0.2, 0) is 0 Å². The molecule has 0 aliphatic heterocycles. The Hall–Kier alpha value is -2.05. The van der Waals surface area contributed by atoms with Crippen LogP contribution in [0.3, 0.4) is 0 Å². The lowest BCUT2D eigenvalue weighted by atomic mass is 10.2. The molecule has 4 nitrogen and oxygen atoms in total. The summed E-state index contributed by atoms with van der Waals surface area (Å²) in [5.74, 6) is -1.02. The van der Waals surface area contributed by atoms with Crippen LogP contribution in [0.5, 0.6) is 0 Å². The van der Waals surface area contributed by atoms with Crippen LogP contribution in [-0.4, -0.2) is 16.1 Å². The van der Waals surface area contributed by atoms with Crippen molar-refractivity contribution in [3.05, 3.63) is 48.0 Å². The molecule has 0 saturated heterocycles. The van der Waals surface area contributed by atoms with Crippen molar-refractivity contribution in [3.63, 3.8) is 0 Å². The lowest BCUT2D eigenvalue weighted by Gasteiger charge is -2.05. The van der Waals surface area contributed by atoms with Gasteiger partial charge in [0.1, 0.15) is 0 Å². The number of anilines is 1. The van der Waals surface area contributed by atoms with E-state index < -0.39 is 5.97 Å². The van der Waals surface area contributed by atoms with Gasteiger partial charge in [-0.25, -0.2) is 9.78 Å². The molecule has 0 aliphatic carbocycles. The summed E-state index contributed by atoms with van der Waals surface area (Å²) in [7, 11) is 0. The van der Waals surface area contributed by atoms with Gasteiger partial charge in [0, 0.05) is 4.90 Å². The van der Waals surface area contributed by atoms with Gasteiger partial charge >= 0.3 is 5.97 Å². The number of nitrogens with zero attached hydrogens (tertiary/aromatic N) is 1. The number of thiazole rings is 1. The van der Waals surface area contributed by atoms with Crippen LogP contribution in [0.15, 0.2) is 51.7 Å². The van der Waals surface area contributed by atoms with Crippen LogP contribution in [0.2, 0.25) is 0 Å². The zero-order valence-corrected chi connectivity index (χ0v) is 11.9. The van der Waals surface area contributed by atoms with Gasteiger partial charge in [-0.15, -0.1) is 11.3 Å². The lowest BCUT2D eigenvalue weighted by molar-refractivity contribution is 0.0698. The summed E-state index contributed by atoms with van der Waals surface area (Å²) in [5.41, 5.74) is 7.24. The van der Waals surface area contributed by atoms with Crippen molar-refractivity contribution in [1.82, 2.24) is 4.98 Å². The smallest absolute Gasteiger partial charge is 0.337 e. The molecule has 0 saturated carbocycles. The normalized spacial score (nSPS) is 10.8. The molecule has 100 valence electrons. The summed E-state index contributed by atoms with van der Waals surface area (Å²) in [6.07, 6.45) is 0. The quantitative estimate of drug-likeness (QED) is 0.721. The molecule has 0 amide bonds. The zero-order valence-electron chi connectivity index (χ0n) is 10.2. The minimum Gasteiger partial charge on any atom is -0.478 e. The first kappa shape index (κ1) is 13.0. The second kappa shape index (κ2) is 5.15. The van der Waals surface area contributed by atoms with Crippen molar-refractivity contribution < 1.29 is 9.90 Å². The second-order valence-electron chi connectivity index (χ2n) is 4.07. The van der Waals surface area contributed by atoms with Crippen molar-refractivity contribution in [2.75, 3.05) is 5.73 Å². The summed E-state index contributed by atoms with van der Waals surface area (Å²) < 4.78 is 1.95. The van der Waals surface area contributed by atoms with E-state index in [1.54, 1.807) is 23.5 Å². The Labute approximate surface area is 123 Å². The third-order valence-corrected chi connectivity index (χ3v) is 4.94. The van der Waals surface area contributed by atoms with Crippen LogP contribution < -0.4 is 5.73 Å². The van der Waals surface area contributed by atoms with Gasteiger partial charge in [0.15, 0.2) is 4.34 Å². The number of rotatable bonds is 3. The predicted molar refractivity (Wildman–Crippen MR) is 81.6 cm³/mol. The van der Waals surface area contributed by atoms with E-state index in [0.717, 1.165) is 14.6 Å². The highest BCUT2D eigenvalue weighted by molar-refractivity contribution is 8.01. The summed E-state index contributed by atoms with van der Waals surface area (Å²) >= 11 is 2.95. The van der Waals surface area contributed by atoms with Gasteiger partial charge in [0.25, 0.3) is 0 Å². The third-order valence-electron chi connectivity index (χ3n) is 2.77. The Morgan fingerprint density at radius 3 is 2.75 bits per heavy atom. The van der Waals surface area contributed by atoms with E-state index in [2.05, 4.69) is 4.98 Å². The SMILES string of the molecule is Nc1c(Sc2nc3ccccc3s2)cccc1C(=O)O. The molecular formula is C14H10N2O2S2. The molecule has 0 radical (unpaired) electrons. The van der Waals surface area contributed by atoms with Crippen molar-refractivity contribution in [2.24, 2.45) is 0 Å². The summed E-state index contributed by atoms with van der Waals surface area (Å²) in [4.78, 5) is 16.3. The second-order valence-corrected chi connectivity index (χ2v) is 6.39. The molecule has 3 N–H and O–H groups in total. The standard InChI is InChI=1S/C14H10N2O2S2/c15-12-8(13(17)18)4-3-7-11(12)20-14-16-9-5-1-2-6-10(9)19-14/h1-7H,15H2,(H,17,18). The number of nitrogen functional groups attached to an aromatic ring is 1. The summed E-state index contributed by atoms with van der Waals surface area (Å²) in [6, 6.07) is 12.9. The van der Waals surface area contributed by atoms with Gasteiger partial charge in [0.05, 0.1) is 21.5 Å². The topological polar surface area (TPSA) is 76.2 Å². The number of para-hydroxylation sites is 2. The average Bonchev–Trinajstić information content (AvgIpc) is 2.83. The van der Waals surface area contributed by atoms with E-state index in [1.807, 2.05) is 24.3 Å². The van der Waals surface area contributed by atoms with Crippen LogP contribution in [0.25, 0.3) is 10.2 Å². The number of hydrogen-bond acceptors (Lipinski definition) is 5. The lowest BCUT2D eigenvalue weighted by Crippen LogP contribution is -2.03. The molecule has 2 aromatic carbocycles. The molecular weight excluding hydrogens is 292 g/mol. The van der Waals surface area contributed by atoms with Crippen LogP contribution in [0, 0.1) is 0 Å². The number of carboxylic acid groups (broad SMARTS) is 1. The Morgan fingerprint density at radius 2 is 2.00 bits per heavy atom. The highest BCUT2D eigenvalue weighted by atomic mass is 32.2. The van der Waals surface area contributed by atoms with Crippen LogP contribution >= 0.6 is 23.1 Å². The van der Waals surface area contributed by atoms with Crippen molar-refractivity contribution >= 4 is 45.0 Å². The Bertz CT molecular complexity index is 766.